The van der Waals surface area contributed by atoms with Crippen molar-refractivity contribution < 1.29 is 19.1 Å². The second kappa shape index (κ2) is 8.93. The molecule has 1 aliphatic heterocycles. The molecule has 0 bridgehead atoms. The van der Waals surface area contributed by atoms with E-state index in [1.165, 1.54) is 22.7 Å². The Labute approximate surface area is 167 Å². The first-order valence-electron chi connectivity index (χ1n) is 9.07. The Hall–Kier alpha value is -2.80. The van der Waals surface area contributed by atoms with Gasteiger partial charge in [0.2, 0.25) is 11.8 Å². The van der Waals surface area contributed by atoms with Gasteiger partial charge in [-0.05, 0) is 36.2 Å². The van der Waals surface area contributed by atoms with E-state index < -0.39 is 5.97 Å². The monoisotopic (exact) mass is 398 g/mol. The summed E-state index contributed by atoms with van der Waals surface area (Å²) >= 11 is 1.23. The highest BCUT2D eigenvalue weighted by Crippen LogP contribution is 2.28. The van der Waals surface area contributed by atoms with Crippen molar-refractivity contribution in [2.75, 3.05) is 18.9 Å². The fraction of sp³-hybridized carbons (Fsp3) is 0.286. The number of ether oxygens (including phenoxy) is 1. The average molecular weight is 398 g/mol. The normalized spacial score (nSPS) is 16.4. The lowest BCUT2D eigenvalue weighted by molar-refractivity contribution is -0.137. The Balaban J connectivity index is 1.66. The number of carbonyl (C=O) groups excluding carboxylic acids is 3. The van der Waals surface area contributed by atoms with Crippen LogP contribution in [0.1, 0.15) is 25.5 Å². The van der Waals surface area contributed by atoms with Crippen LogP contribution in [-0.4, -0.2) is 41.6 Å². The molecule has 0 saturated carbocycles. The molecule has 2 aromatic rings. The van der Waals surface area contributed by atoms with Gasteiger partial charge in [-0.15, -0.1) is 0 Å². The lowest BCUT2D eigenvalue weighted by Gasteiger charge is -2.19. The molecule has 3 rings (SSSR count). The number of benzene rings is 2. The van der Waals surface area contributed by atoms with Gasteiger partial charge in [0.25, 0.3) is 0 Å². The second-order valence-corrected chi connectivity index (χ2v) is 7.39. The highest BCUT2D eigenvalue weighted by Gasteiger charge is 2.29. The van der Waals surface area contributed by atoms with Gasteiger partial charge in [0.1, 0.15) is 6.54 Å². The highest BCUT2D eigenvalue weighted by molar-refractivity contribution is 8.04. The smallest absolute Gasteiger partial charge is 0.333 e. The van der Waals surface area contributed by atoms with Crippen LogP contribution in [-0.2, 0) is 19.1 Å². The van der Waals surface area contributed by atoms with Crippen LogP contribution in [0.2, 0.25) is 0 Å². The first kappa shape index (κ1) is 19.9. The lowest BCUT2D eigenvalue weighted by Crippen LogP contribution is -2.38. The van der Waals surface area contributed by atoms with Crippen molar-refractivity contribution in [2.24, 2.45) is 0 Å². The lowest BCUT2D eigenvalue weighted by atomic mass is 10.0. The van der Waals surface area contributed by atoms with Crippen molar-refractivity contribution in [3.05, 3.63) is 59.1 Å². The van der Waals surface area contributed by atoms with E-state index in [2.05, 4.69) is 5.32 Å². The molecule has 1 fully saturated rings. The summed E-state index contributed by atoms with van der Waals surface area (Å²) in [7, 11) is 0. The van der Waals surface area contributed by atoms with Crippen molar-refractivity contribution in [1.29, 1.82) is 0 Å². The molecule has 1 heterocycles. The van der Waals surface area contributed by atoms with Crippen molar-refractivity contribution in [2.45, 2.75) is 19.9 Å². The molecule has 1 atom stereocenters. The Morgan fingerprint density at radius 2 is 2.00 bits per heavy atom. The number of esters is 1. The van der Waals surface area contributed by atoms with Crippen LogP contribution in [0, 0.1) is 0 Å². The van der Waals surface area contributed by atoms with Crippen LogP contribution in [0.4, 0.5) is 0 Å². The minimum atomic E-state index is -0.519. The zero-order valence-electron chi connectivity index (χ0n) is 15.8. The number of hydrogen-bond donors (Lipinski definition) is 1. The number of nitrogens with zero attached hydrogens (tertiary/aromatic N) is 1. The van der Waals surface area contributed by atoms with E-state index in [4.69, 9.17) is 4.74 Å². The number of rotatable bonds is 6. The van der Waals surface area contributed by atoms with Gasteiger partial charge in [-0.25, -0.2) is 4.79 Å². The van der Waals surface area contributed by atoms with Crippen molar-refractivity contribution in [1.82, 2.24) is 10.2 Å². The maximum absolute atomic E-state index is 12.5. The van der Waals surface area contributed by atoms with Crippen LogP contribution >= 0.6 is 11.8 Å². The number of fused-ring (bicyclic) bond motifs is 1. The quantitative estimate of drug-likeness (QED) is 0.598. The first-order valence-corrected chi connectivity index (χ1v) is 10.1. The summed E-state index contributed by atoms with van der Waals surface area (Å²) in [6.45, 7) is 3.74. The van der Waals surface area contributed by atoms with E-state index in [1.54, 1.807) is 6.92 Å². The Morgan fingerprint density at radius 3 is 2.75 bits per heavy atom. The Kier molecular flexibility index (Phi) is 6.36. The molecule has 0 spiro atoms. The number of amides is 2. The maximum Gasteiger partial charge on any atom is 0.333 e. The third kappa shape index (κ3) is 4.72. The number of thioether (sulfide) groups is 1. The average Bonchev–Trinajstić information content (AvgIpc) is 3.01. The second-order valence-electron chi connectivity index (χ2n) is 6.40. The molecule has 28 heavy (non-hydrogen) atoms. The molecule has 0 aliphatic carbocycles. The van der Waals surface area contributed by atoms with E-state index in [0.29, 0.717) is 5.03 Å². The number of hydrogen-bond acceptors (Lipinski definition) is 5. The molecular formula is C21H22N2O4S. The van der Waals surface area contributed by atoms with Gasteiger partial charge in [0, 0.05) is 0 Å². The molecule has 2 amide bonds. The zero-order valence-corrected chi connectivity index (χ0v) is 16.6. The minimum Gasteiger partial charge on any atom is -0.463 e. The molecule has 0 unspecified atom stereocenters. The van der Waals surface area contributed by atoms with Crippen molar-refractivity contribution in [3.63, 3.8) is 0 Å². The molecule has 2 aromatic carbocycles. The summed E-state index contributed by atoms with van der Waals surface area (Å²) in [5.74, 6) is -0.798. The summed E-state index contributed by atoms with van der Waals surface area (Å²) in [6, 6.07) is 13.9. The summed E-state index contributed by atoms with van der Waals surface area (Å²) in [5, 5.41) is 5.60. The molecule has 1 N–H and O–H groups in total. The van der Waals surface area contributed by atoms with E-state index >= 15 is 0 Å². The molecule has 0 aromatic heterocycles. The largest absolute Gasteiger partial charge is 0.463 e. The molecule has 1 saturated heterocycles. The van der Waals surface area contributed by atoms with Crippen LogP contribution in [0.5, 0.6) is 0 Å². The van der Waals surface area contributed by atoms with Gasteiger partial charge >= 0.3 is 5.97 Å². The molecular weight excluding hydrogens is 376 g/mol. The van der Waals surface area contributed by atoms with E-state index in [0.717, 1.165) is 16.3 Å². The predicted molar refractivity (Wildman–Crippen MR) is 109 cm³/mol. The Morgan fingerprint density at radius 1 is 1.25 bits per heavy atom. The van der Waals surface area contributed by atoms with Gasteiger partial charge in [-0.2, -0.15) is 0 Å². The summed E-state index contributed by atoms with van der Waals surface area (Å²) in [4.78, 5) is 37.6. The fourth-order valence-electron chi connectivity index (χ4n) is 2.98. The summed E-state index contributed by atoms with van der Waals surface area (Å²) < 4.78 is 4.88. The van der Waals surface area contributed by atoms with Gasteiger partial charge in [-0.1, -0.05) is 48.2 Å². The third-order valence-electron chi connectivity index (χ3n) is 4.39. The number of nitrogens with one attached hydrogen (secondary N) is 1. The molecule has 1 aliphatic rings. The van der Waals surface area contributed by atoms with E-state index in [9.17, 15) is 14.4 Å². The summed E-state index contributed by atoms with van der Waals surface area (Å²) in [5.41, 5.74) is 0.983. The third-order valence-corrected chi connectivity index (χ3v) is 5.42. The first-order chi connectivity index (χ1) is 13.5. The predicted octanol–water partition coefficient (Wildman–Crippen LogP) is 3.00. The fourth-order valence-corrected chi connectivity index (χ4v) is 3.91. The topological polar surface area (TPSA) is 75.7 Å². The van der Waals surface area contributed by atoms with Gasteiger partial charge in [0.05, 0.1) is 29.5 Å². The zero-order chi connectivity index (χ0) is 20.1. The highest BCUT2D eigenvalue weighted by atomic mass is 32.2. The van der Waals surface area contributed by atoms with Crippen LogP contribution in [0.25, 0.3) is 10.8 Å². The molecule has 6 nitrogen and oxygen atoms in total. The van der Waals surface area contributed by atoms with Gasteiger partial charge < -0.3 is 10.1 Å². The minimum absolute atomic E-state index is 0.130. The van der Waals surface area contributed by atoms with Crippen LogP contribution < -0.4 is 5.32 Å². The van der Waals surface area contributed by atoms with Crippen LogP contribution in [0.3, 0.4) is 0 Å². The molecule has 7 heteroatoms. The van der Waals surface area contributed by atoms with Gasteiger partial charge in [-0.3, -0.25) is 14.5 Å². The van der Waals surface area contributed by atoms with Crippen molar-refractivity contribution >= 4 is 40.3 Å². The standard InChI is InChI=1S/C21H22N2O4S/c1-3-27-21(26)11-20-23(19(25)13-28-20)12-18(24)22-14(2)16-9-8-15-6-4-5-7-17(15)10-16/h4-11,14H,3,12-13H2,1-2H3,(H,22,24)/b20-11-/t14-/m0/s1. The maximum atomic E-state index is 12.5. The molecule has 0 radical (unpaired) electrons. The van der Waals surface area contributed by atoms with Crippen LogP contribution in [0.15, 0.2) is 53.6 Å². The SMILES string of the molecule is CCOC(=O)/C=C1\SCC(=O)N1CC(=O)N[C@@H](C)c1ccc2ccccc2c1. The summed E-state index contributed by atoms with van der Waals surface area (Å²) in [6.07, 6.45) is 1.26. The number of carbonyl (C=O) groups is 3. The van der Waals surface area contributed by atoms with E-state index in [-0.39, 0.29) is 36.8 Å². The Bertz CT molecular complexity index is 941. The van der Waals surface area contributed by atoms with Gasteiger partial charge in [0.15, 0.2) is 0 Å². The van der Waals surface area contributed by atoms with Crippen molar-refractivity contribution in [3.8, 4) is 0 Å². The molecule has 146 valence electrons. The van der Waals surface area contributed by atoms with E-state index in [1.807, 2.05) is 49.4 Å².